The number of aromatic nitrogens is 3. The van der Waals surface area contributed by atoms with Crippen molar-refractivity contribution in [1.29, 1.82) is 0 Å². The van der Waals surface area contributed by atoms with Gasteiger partial charge in [-0.05, 0) is 17.7 Å². The molecular weight excluding hydrogens is 192 g/mol. The molecule has 0 saturated heterocycles. The van der Waals surface area contributed by atoms with E-state index in [9.17, 15) is 0 Å². The van der Waals surface area contributed by atoms with E-state index in [1.807, 2.05) is 6.07 Å². The zero-order valence-corrected chi connectivity index (χ0v) is 7.83. The van der Waals surface area contributed by atoms with Crippen LogP contribution in [-0.2, 0) is 0 Å². The van der Waals surface area contributed by atoms with E-state index in [0.29, 0.717) is 6.54 Å². The summed E-state index contributed by atoms with van der Waals surface area (Å²) in [5.74, 6) is 0. The third kappa shape index (κ3) is 2.12. The highest BCUT2D eigenvalue weighted by atomic mass is 15.1. The molecule has 0 bridgehead atoms. The Kier molecular flexibility index (Phi) is 2.62. The lowest BCUT2D eigenvalue weighted by Gasteiger charge is -1.91. The second-order valence-corrected chi connectivity index (χ2v) is 2.88. The molecule has 1 N–H and O–H groups in total. The van der Waals surface area contributed by atoms with Gasteiger partial charge < -0.3 is 0 Å². The van der Waals surface area contributed by atoms with Crippen molar-refractivity contribution in [1.82, 2.24) is 15.2 Å². The molecule has 0 saturated carbocycles. The van der Waals surface area contributed by atoms with Gasteiger partial charge in [0.15, 0.2) is 0 Å². The van der Waals surface area contributed by atoms with E-state index in [2.05, 4.69) is 25.2 Å². The van der Waals surface area contributed by atoms with E-state index >= 15 is 0 Å². The highest BCUT2D eigenvalue weighted by molar-refractivity contribution is 5.78. The fourth-order valence-electron chi connectivity index (χ4n) is 1.21. The van der Waals surface area contributed by atoms with Crippen molar-refractivity contribution in [3.8, 4) is 0 Å². The smallest absolute Gasteiger partial charge is 0.0833 e. The average Bonchev–Trinajstić information content (AvgIpc) is 2.71. The number of hydrogen-bond acceptors (Lipinski definition) is 3. The van der Waals surface area contributed by atoms with E-state index in [1.54, 1.807) is 24.5 Å². The van der Waals surface area contributed by atoms with E-state index in [1.165, 1.54) is 0 Å². The van der Waals surface area contributed by atoms with Crippen LogP contribution in [0.3, 0.4) is 0 Å². The second kappa shape index (κ2) is 4.26. The molecular formula is C9H8N6. The Hall–Kier alpha value is -2.33. The first-order chi connectivity index (χ1) is 7.40. The zero-order chi connectivity index (χ0) is 10.5. The Morgan fingerprint density at radius 2 is 2.47 bits per heavy atom. The minimum Gasteiger partial charge on any atom is -0.276 e. The van der Waals surface area contributed by atoms with E-state index < -0.39 is 0 Å². The molecule has 0 spiro atoms. The SMILES string of the molecule is [N-]=[N+]=NCC=Cc1cc2cn[nH]c2cn1. The van der Waals surface area contributed by atoms with Crippen LogP contribution < -0.4 is 0 Å². The van der Waals surface area contributed by atoms with Crippen LogP contribution in [0.1, 0.15) is 5.69 Å². The Morgan fingerprint density at radius 3 is 3.33 bits per heavy atom. The molecule has 2 rings (SSSR count). The zero-order valence-electron chi connectivity index (χ0n) is 7.83. The highest BCUT2D eigenvalue weighted by Crippen LogP contribution is 2.10. The maximum absolute atomic E-state index is 8.07. The Morgan fingerprint density at radius 1 is 1.53 bits per heavy atom. The Balaban J connectivity index is 2.20. The minimum absolute atomic E-state index is 0.335. The topological polar surface area (TPSA) is 90.3 Å². The fraction of sp³-hybridized carbons (Fsp3) is 0.111. The van der Waals surface area contributed by atoms with Crippen LogP contribution >= 0.6 is 0 Å². The summed E-state index contributed by atoms with van der Waals surface area (Å²) >= 11 is 0. The lowest BCUT2D eigenvalue weighted by atomic mass is 10.2. The molecule has 0 radical (unpaired) electrons. The lowest BCUT2D eigenvalue weighted by molar-refractivity contribution is 1.11. The van der Waals surface area contributed by atoms with Crippen LogP contribution in [0.4, 0.5) is 0 Å². The molecule has 0 amide bonds. The molecule has 0 aromatic carbocycles. The van der Waals surface area contributed by atoms with Crippen molar-refractivity contribution in [2.45, 2.75) is 0 Å². The number of pyridine rings is 1. The largest absolute Gasteiger partial charge is 0.276 e. The van der Waals surface area contributed by atoms with Crippen LogP contribution in [-0.4, -0.2) is 21.7 Å². The van der Waals surface area contributed by atoms with Crippen molar-refractivity contribution < 1.29 is 0 Å². The average molecular weight is 200 g/mol. The predicted octanol–water partition coefficient (Wildman–Crippen LogP) is 2.28. The van der Waals surface area contributed by atoms with Gasteiger partial charge in [0, 0.05) is 16.8 Å². The molecule has 2 heterocycles. The van der Waals surface area contributed by atoms with E-state index in [4.69, 9.17) is 5.53 Å². The fourth-order valence-corrected chi connectivity index (χ4v) is 1.21. The van der Waals surface area contributed by atoms with Crippen LogP contribution in [0.5, 0.6) is 0 Å². The van der Waals surface area contributed by atoms with E-state index in [-0.39, 0.29) is 0 Å². The first kappa shape index (κ1) is 9.23. The summed E-state index contributed by atoms with van der Waals surface area (Å²) in [5.41, 5.74) is 9.79. The number of aromatic amines is 1. The summed E-state index contributed by atoms with van der Waals surface area (Å²) < 4.78 is 0. The van der Waals surface area contributed by atoms with Gasteiger partial charge in [-0.3, -0.25) is 10.1 Å². The van der Waals surface area contributed by atoms with Gasteiger partial charge in [-0.15, -0.1) is 0 Å². The van der Waals surface area contributed by atoms with Crippen LogP contribution in [0, 0.1) is 0 Å². The van der Waals surface area contributed by atoms with Crippen molar-refractivity contribution >= 4 is 17.0 Å². The van der Waals surface area contributed by atoms with Gasteiger partial charge in [-0.25, -0.2) is 0 Å². The van der Waals surface area contributed by atoms with Gasteiger partial charge >= 0.3 is 0 Å². The molecule has 0 aliphatic heterocycles. The van der Waals surface area contributed by atoms with Crippen molar-refractivity contribution in [3.63, 3.8) is 0 Å². The van der Waals surface area contributed by atoms with Crippen LogP contribution in [0.25, 0.3) is 27.4 Å². The first-order valence-corrected chi connectivity index (χ1v) is 4.36. The van der Waals surface area contributed by atoms with Gasteiger partial charge in [-0.2, -0.15) is 5.10 Å². The number of hydrogen-bond donors (Lipinski definition) is 1. The Bertz CT molecular complexity index is 534. The maximum atomic E-state index is 8.07. The van der Waals surface area contributed by atoms with Crippen LogP contribution in [0.2, 0.25) is 0 Å². The normalized spacial score (nSPS) is 10.7. The summed E-state index contributed by atoms with van der Waals surface area (Å²) in [7, 11) is 0. The number of azide groups is 1. The van der Waals surface area contributed by atoms with Gasteiger partial charge in [0.1, 0.15) is 0 Å². The van der Waals surface area contributed by atoms with Gasteiger partial charge in [-0.1, -0.05) is 11.2 Å². The number of H-pyrrole nitrogens is 1. The maximum Gasteiger partial charge on any atom is 0.0833 e. The van der Waals surface area contributed by atoms with Crippen molar-refractivity contribution in [2.24, 2.45) is 5.11 Å². The molecule has 6 heteroatoms. The summed E-state index contributed by atoms with van der Waals surface area (Å²) in [5, 5.41) is 11.1. The third-order valence-corrected chi connectivity index (χ3v) is 1.88. The summed E-state index contributed by atoms with van der Waals surface area (Å²) in [4.78, 5) is 6.83. The van der Waals surface area contributed by atoms with Crippen molar-refractivity contribution in [3.05, 3.63) is 40.7 Å². The van der Waals surface area contributed by atoms with Gasteiger partial charge in [0.2, 0.25) is 0 Å². The van der Waals surface area contributed by atoms with Crippen molar-refractivity contribution in [2.75, 3.05) is 6.54 Å². The van der Waals surface area contributed by atoms with Gasteiger partial charge in [0.05, 0.1) is 23.6 Å². The number of nitrogens with one attached hydrogen (secondary N) is 1. The molecule has 2 aromatic heterocycles. The summed E-state index contributed by atoms with van der Waals surface area (Å²) in [6.07, 6.45) is 7.02. The second-order valence-electron chi connectivity index (χ2n) is 2.88. The van der Waals surface area contributed by atoms with E-state index in [0.717, 1.165) is 16.6 Å². The monoisotopic (exact) mass is 200 g/mol. The molecule has 2 aromatic rings. The third-order valence-electron chi connectivity index (χ3n) is 1.88. The number of nitrogens with zero attached hydrogens (tertiary/aromatic N) is 5. The minimum atomic E-state index is 0.335. The molecule has 0 aliphatic carbocycles. The molecule has 0 unspecified atom stereocenters. The molecule has 74 valence electrons. The molecule has 0 fully saturated rings. The number of rotatable bonds is 3. The predicted molar refractivity (Wildman–Crippen MR) is 56.9 cm³/mol. The summed E-state index contributed by atoms with van der Waals surface area (Å²) in [6, 6.07) is 1.91. The number of fused-ring (bicyclic) bond motifs is 1. The highest BCUT2D eigenvalue weighted by Gasteiger charge is 1.95. The Labute approximate surface area is 85.3 Å². The lowest BCUT2D eigenvalue weighted by Crippen LogP contribution is -1.80. The summed E-state index contributed by atoms with van der Waals surface area (Å²) in [6.45, 7) is 0.335. The first-order valence-electron chi connectivity index (χ1n) is 4.36. The van der Waals surface area contributed by atoms with Gasteiger partial charge in [0.25, 0.3) is 0 Å². The molecule has 0 aliphatic rings. The molecule has 0 atom stereocenters. The quantitative estimate of drug-likeness (QED) is 0.467. The molecule has 6 nitrogen and oxygen atoms in total. The molecule has 15 heavy (non-hydrogen) atoms. The van der Waals surface area contributed by atoms with Crippen LogP contribution in [0.15, 0.2) is 29.7 Å². The standard InChI is InChI=1S/C9H8N6/c10-15-12-3-1-2-8-4-7-5-13-14-9(7)6-11-8/h1-2,4-6H,3H2,(H,13,14).